The fourth-order valence-corrected chi connectivity index (χ4v) is 8.59. The number of nitrogens with zero attached hydrogens (tertiary/aromatic N) is 11. The van der Waals surface area contributed by atoms with Gasteiger partial charge in [0.15, 0.2) is 18.9 Å². The zero-order valence-corrected chi connectivity index (χ0v) is 60.5. The second kappa shape index (κ2) is 40.2. The minimum absolute atomic E-state index is 0.0561. The molecule has 10 aromatic rings. The minimum Gasteiger partial charge on any atom is -0.443 e. The number of aldehydes is 3. The summed E-state index contributed by atoms with van der Waals surface area (Å²) in [5.74, 6) is 2.01. The van der Waals surface area contributed by atoms with Gasteiger partial charge in [0.25, 0.3) is 0 Å². The molecule has 5 N–H and O–H groups in total. The number of halogens is 21. The lowest BCUT2D eigenvalue weighted by atomic mass is 10.2. The molecule has 10 heterocycles. The first-order valence-electron chi connectivity index (χ1n) is 29.8. The molecule has 0 spiro atoms. The Morgan fingerprint density at radius 1 is 0.435 bits per heavy atom. The van der Waals surface area contributed by atoms with Crippen LogP contribution in [0.4, 0.5) is 99.7 Å². The predicted octanol–water partition coefficient (Wildman–Crippen LogP) is 20.0. The van der Waals surface area contributed by atoms with Crippen molar-refractivity contribution in [3.05, 3.63) is 262 Å². The van der Waals surface area contributed by atoms with E-state index in [1.165, 1.54) is 54.9 Å². The molecule has 10 rings (SSSR count). The number of anilines is 5. The molecule has 0 aliphatic heterocycles. The number of nitrogens with two attached hydrogens (primary N) is 1. The number of nitrogen functional groups attached to an aromatic ring is 1. The predicted molar refractivity (Wildman–Crippen MR) is 375 cm³/mol. The summed E-state index contributed by atoms with van der Waals surface area (Å²) in [6, 6.07) is 30.1. The number of carbonyl (C=O) groups is 4. The second-order valence-corrected chi connectivity index (χ2v) is 24.7. The van der Waals surface area contributed by atoms with Gasteiger partial charge in [-0.15, -0.1) is 0 Å². The minimum atomic E-state index is -4.57. The molecular weight excluding hydrogens is 1640 g/mol. The molecule has 0 fully saturated rings. The van der Waals surface area contributed by atoms with Crippen LogP contribution in [0.2, 0.25) is 25.8 Å². The lowest BCUT2D eigenvalue weighted by molar-refractivity contribution is -0.142. The summed E-state index contributed by atoms with van der Waals surface area (Å²) < 4.78 is 191. The van der Waals surface area contributed by atoms with Gasteiger partial charge < -0.3 is 26.4 Å². The van der Waals surface area contributed by atoms with E-state index in [1.807, 2.05) is 0 Å². The lowest BCUT2D eigenvalue weighted by Gasteiger charge is -2.27. The molecule has 1 amide bonds. The van der Waals surface area contributed by atoms with E-state index >= 15 is 0 Å². The molecule has 0 atom stereocenters. The molecular formula is C67H52BrCl5F15N15O5. The van der Waals surface area contributed by atoms with Crippen LogP contribution in [0.1, 0.15) is 103 Å². The number of aromatic nitrogens is 10. The van der Waals surface area contributed by atoms with Crippen molar-refractivity contribution in [1.82, 2.24) is 49.8 Å². The highest BCUT2D eigenvalue weighted by molar-refractivity contribution is 9.10. The van der Waals surface area contributed by atoms with E-state index in [4.69, 9.17) is 68.5 Å². The number of hydrogen-bond acceptors (Lipinski definition) is 19. The number of rotatable bonds is 15. The van der Waals surface area contributed by atoms with Crippen LogP contribution in [0.25, 0.3) is 0 Å². The average Bonchev–Trinajstić information content (AvgIpc) is 0.822. The van der Waals surface area contributed by atoms with Gasteiger partial charge in [-0.25, -0.2) is 29.7 Å². The number of hydrogen-bond donors (Lipinski definition) is 4. The van der Waals surface area contributed by atoms with Crippen LogP contribution in [0.5, 0.6) is 0 Å². The zero-order chi connectivity index (χ0) is 80.4. The largest absolute Gasteiger partial charge is 0.443 e. The van der Waals surface area contributed by atoms with Gasteiger partial charge in [-0.3, -0.25) is 44.2 Å². The van der Waals surface area contributed by atoms with Crippen LogP contribution in [0.3, 0.4) is 0 Å². The Morgan fingerprint density at radius 2 is 0.806 bits per heavy atom. The van der Waals surface area contributed by atoms with E-state index in [1.54, 1.807) is 75.4 Å². The normalized spacial score (nSPS) is 11.3. The molecule has 20 nitrogen and oxygen atoms in total. The Morgan fingerprint density at radius 3 is 1.13 bits per heavy atom. The molecule has 0 bridgehead atoms. The smallest absolute Gasteiger partial charge is 0.433 e. The third kappa shape index (κ3) is 31.0. The molecule has 0 aliphatic rings. The highest BCUT2D eigenvalue weighted by atomic mass is 79.9. The van der Waals surface area contributed by atoms with Gasteiger partial charge >= 0.3 is 37.0 Å². The fraction of sp³-hybridized carbons (Fsp3) is 0.194. The van der Waals surface area contributed by atoms with Gasteiger partial charge in [-0.05, 0) is 156 Å². The highest BCUT2D eigenvalue weighted by Crippen LogP contribution is 2.33. The lowest BCUT2D eigenvalue weighted by Crippen LogP contribution is -2.37. The summed E-state index contributed by atoms with van der Waals surface area (Å²) in [6.45, 7) is 5.68. The van der Waals surface area contributed by atoms with E-state index in [0.717, 1.165) is 59.9 Å². The quantitative estimate of drug-likeness (QED) is 0.0422. The maximum Gasteiger partial charge on any atom is 0.433 e. The van der Waals surface area contributed by atoms with Gasteiger partial charge in [0.05, 0.1) is 22.1 Å². The number of carbonyl (C=O) groups excluding carboxylic acids is 4. The van der Waals surface area contributed by atoms with Crippen molar-refractivity contribution in [2.75, 3.05) is 26.6 Å². The summed E-state index contributed by atoms with van der Waals surface area (Å²) in [5.41, 5.74) is 2.27. The van der Waals surface area contributed by atoms with E-state index in [2.05, 4.69) is 81.7 Å². The van der Waals surface area contributed by atoms with Crippen LogP contribution in [0.15, 0.2) is 169 Å². The Labute approximate surface area is 636 Å². The molecule has 0 saturated heterocycles. The summed E-state index contributed by atoms with van der Waals surface area (Å²) in [7, 11) is 0. The summed E-state index contributed by atoms with van der Waals surface area (Å²) >= 11 is 31.9. The first-order valence-corrected chi connectivity index (χ1v) is 32.5. The van der Waals surface area contributed by atoms with E-state index in [-0.39, 0.29) is 45.9 Å². The maximum absolute atomic E-state index is 12.7. The van der Waals surface area contributed by atoms with Crippen molar-refractivity contribution in [3.63, 3.8) is 0 Å². The van der Waals surface area contributed by atoms with E-state index in [9.17, 15) is 85.0 Å². The standard InChI is InChI=1S/C18H17ClF3N3O3.C13H9ClF3N3O.C12H8BrClF3N3.C12H9ClF3N3.C7H4F3NO.C5H5ClN2/c1-17(2,3)28-16(27)25(14-7-5-12(10-26)15(19)24-14)9-11-4-6-13(23-8-11)18(20,21)22;14-12-9(7-21)2-4-11(20-12)19-6-8-1-3-10(18-5-8)13(15,16)17;13-8-2-4-10(20-11(8)14)19-6-7-1-3-9(18-5-7)12(15,16)17;13-10-2-1-3-11(19-10)18-7-8-4-5-9(17-6-8)12(14,15)16;8-7(9,10)6-2-1-5(4-12)3-11-6;6-4-2-1-3-5(7)8-4/h4-8,10H,9H2,1-3H3;1-5,7H,6H2,(H,19,20);1-5H,6H2,(H,19,20);1-6H,7H2,(H,18,19);1-4H;1-3H,(H2,7,8). The van der Waals surface area contributed by atoms with Crippen molar-refractivity contribution >= 4 is 128 Å². The van der Waals surface area contributed by atoms with Crippen molar-refractivity contribution in [3.8, 4) is 0 Å². The first-order chi connectivity index (χ1) is 50.4. The third-order valence-electron chi connectivity index (χ3n) is 12.6. The van der Waals surface area contributed by atoms with Gasteiger partial charge in [0, 0.05) is 56.2 Å². The summed E-state index contributed by atoms with van der Waals surface area (Å²) in [4.78, 5) is 81.5. The van der Waals surface area contributed by atoms with Gasteiger partial charge in [-0.2, -0.15) is 65.9 Å². The molecule has 0 aromatic carbocycles. The Balaban J connectivity index is 0.000000240. The number of amides is 1. The second-order valence-electron chi connectivity index (χ2n) is 22.0. The Hall–Kier alpha value is -10.1. The monoisotopic (exact) mass is 1690 g/mol. The van der Waals surface area contributed by atoms with E-state index in [0.29, 0.717) is 97.4 Å². The van der Waals surface area contributed by atoms with Crippen LogP contribution >= 0.6 is 73.9 Å². The van der Waals surface area contributed by atoms with Crippen molar-refractivity contribution in [2.45, 2.75) is 83.4 Å². The molecule has 10 aromatic heterocycles. The van der Waals surface area contributed by atoms with Crippen LogP contribution < -0.4 is 26.6 Å². The molecule has 0 radical (unpaired) electrons. The number of nitrogens with one attached hydrogen (secondary N) is 3. The molecule has 108 heavy (non-hydrogen) atoms. The topological polar surface area (TPSA) is 272 Å². The van der Waals surface area contributed by atoms with Crippen molar-refractivity contribution < 1.29 is 89.8 Å². The number of pyridine rings is 10. The van der Waals surface area contributed by atoms with Gasteiger partial charge in [0.1, 0.15) is 88.9 Å². The van der Waals surface area contributed by atoms with Crippen molar-refractivity contribution in [2.24, 2.45) is 0 Å². The van der Waals surface area contributed by atoms with Crippen LogP contribution in [-0.2, 0) is 61.8 Å². The van der Waals surface area contributed by atoms with Gasteiger partial charge in [0.2, 0.25) is 0 Å². The zero-order valence-electron chi connectivity index (χ0n) is 55.1. The number of ether oxygens (including phenoxy) is 1. The Bertz CT molecular complexity index is 4560. The highest BCUT2D eigenvalue weighted by Gasteiger charge is 2.36. The van der Waals surface area contributed by atoms with Crippen LogP contribution in [-0.4, -0.2) is 80.4 Å². The maximum atomic E-state index is 12.7. The SMILES string of the molecule is CC(C)(C)OC(=O)N(Cc1ccc(C(F)(F)F)nc1)c1ccc(C=O)c(Cl)n1.FC(F)(F)c1ccc(CNc2ccc(Br)c(Cl)n2)cn1.FC(F)(F)c1ccc(CNc2cccc(Cl)n2)cn1.Nc1cccc(Cl)n1.O=Cc1ccc(C(F)(F)F)nc1.O=Cc1ccc(NCc2ccc(C(F)(F)F)nc2)nc1Cl. The fourth-order valence-electron chi connectivity index (χ4n) is 7.49. The molecule has 0 aliphatic carbocycles. The molecule has 0 unspecified atom stereocenters. The Kier molecular flexibility index (Phi) is 32.9. The molecule has 572 valence electrons. The number of alkyl halides is 15. The van der Waals surface area contributed by atoms with Crippen molar-refractivity contribution in [1.29, 1.82) is 0 Å². The van der Waals surface area contributed by atoms with Gasteiger partial charge in [-0.1, -0.05) is 94.4 Å². The summed E-state index contributed by atoms with van der Waals surface area (Å²) in [6.07, 6.45) is -16.2. The average molecular weight is 1690 g/mol. The van der Waals surface area contributed by atoms with E-state index < -0.39 is 71.0 Å². The molecule has 41 heteroatoms. The molecule has 0 saturated carbocycles. The third-order valence-corrected chi connectivity index (χ3v) is 14.8. The first kappa shape index (κ1) is 88.5. The van der Waals surface area contributed by atoms with Crippen LogP contribution in [0, 0.1) is 0 Å². The summed E-state index contributed by atoms with van der Waals surface area (Å²) in [5, 5.41) is 9.79.